The quantitative estimate of drug-likeness (QED) is 0.575. The molecule has 0 spiro atoms. The Kier molecular flexibility index (Phi) is 2.38. The van der Waals surface area contributed by atoms with Crippen molar-refractivity contribution in [2.45, 2.75) is 6.42 Å². The molecule has 0 unspecified atom stereocenters. The first-order chi connectivity index (χ1) is 10.3. The van der Waals surface area contributed by atoms with Crippen LogP contribution in [0.3, 0.4) is 0 Å². The van der Waals surface area contributed by atoms with Gasteiger partial charge in [-0.2, -0.15) is 0 Å². The van der Waals surface area contributed by atoms with E-state index in [0.29, 0.717) is 12.1 Å². The Hall–Kier alpha value is -3.02. The number of rotatable bonds is 1. The fraction of sp³-hybridized carbons (Fsp3) is 0.0667. The van der Waals surface area contributed by atoms with Gasteiger partial charge in [0.15, 0.2) is 5.69 Å². The molecule has 0 saturated carbocycles. The van der Waals surface area contributed by atoms with E-state index in [1.165, 1.54) is 6.33 Å². The fourth-order valence-corrected chi connectivity index (χ4v) is 2.72. The number of carboxylic acids is 1. The summed E-state index contributed by atoms with van der Waals surface area (Å²) < 4.78 is 1.82. The molecule has 6 heteroatoms. The van der Waals surface area contributed by atoms with Gasteiger partial charge in [-0.05, 0) is 6.07 Å². The van der Waals surface area contributed by atoms with Crippen LogP contribution < -0.4 is 0 Å². The zero-order chi connectivity index (χ0) is 14.4. The number of benzene rings is 1. The third kappa shape index (κ3) is 1.66. The van der Waals surface area contributed by atoms with Gasteiger partial charge >= 0.3 is 5.97 Å². The van der Waals surface area contributed by atoms with E-state index in [0.717, 1.165) is 22.5 Å². The number of aromatic nitrogens is 4. The van der Waals surface area contributed by atoms with E-state index in [9.17, 15) is 9.90 Å². The molecule has 0 fully saturated rings. The van der Waals surface area contributed by atoms with Gasteiger partial charge < -0.3 is 9.67 Å². The van der Waals surface area contributed by atoms with E-state index in [-0.39, 0.29) is 5.69 Å². The van der Waals surface area contributed by atoms with Crippen LogP contribution in [0.15, 0.2) is 43.1 Å². The summed E-state index contributed by atoms with van der Waals surface area (Å²) in [6.07, 6.45) is 5.23. The van der Waals surface area contributed by atoms with E-state index < -0.39 is 5.97 Å². The van der Waals surface area contributed by atoms with E-state index in [1.807, 2.05) is 28.8 Å². The monoisotopic (exact) mass is 278 g/mol. The van der Waals surface area contributed by atoms with Gasteiger partial charge in [-0.3, -0.25) is 0 Å². The SMILES string of the molecule is O=C(O)c1ncn2c1Cc1cncnc1-c1ccccc1-2. The average molecular weight is 278 g/mol. The maximum atomic E-state index is 11.4. The maximum absolute atomic E-state index is 11.4. The highest BCUT2D eigenvalue weighted by atomic mass is 16.4. The summed E-state index contributed by atoms with van der Waals surface area (Å²) >= 11 is 0. The number of imidazole rings is 1. The van der Waals surface area contributed by atoms with Crippen LogP contribution in [-0.4, -0.2) is 30.6 Å². The molecular weight excluding hydrogens is 268 g/mol. The standard InChI is InChI=1S/C15H10N4O2/c20-15(21)14-12-5-9-6-16-7-17-13(9)10-3-1-2-4-11(10)19(12)8-18-14/h1-4,6-8H,5H2,(H,20,21). The Balaban J connectivity index is 2.10. The van der Waals surface area contributed by atoms with Gasteiger partial charge in [0, 0.05) is 23.7 Å². The molecule has 1 aromatic carbocycles. The lowest BCUT2D eigenvalue weighted by molar-refractivity contribution is 0.0690. The minimum absolute atomic E-state index is 0.0708. The van der Waals surface area contributed by atoms with Crippen molar-refractivity contribution in [3.8, 4) is 16.9 Å². The number of fused-ring (bicyclic) bond motifs is 5. The highest BCUT2D eigenvalue weighted by Crippen LogP contribution is 2.33. The molecule has 1 aliphatic heterocycles. The van der Waals surface area contributed by atoms with Crippen molar-refractivity contribution in [2.75, 3.05) is 0 Å². The minimum atomic E-state index is -1.03. The van der Waals surface area contributed by atoms with Crippen LogP contribution in [-0.2, 0) is 6.42 Å². The molecule has 2 aromatic heterocycles. The topological polar surface area (TPSA) is 80.9 Å². The zero-order valence-corrected chi connectivity index (χ0v) is 10.9. The van der Waals surface area contributed by atoms with Crippen molar-refractivity contribution < 1.29 is 9.90 Å². The Morgan fingerprint density at radius 1 is 1.24 bits per heavy atom. The summed E-state index contributed by atoms with van der Waals surface area (Å²) in [5.74, 6) is -1.03. The summed E-state index contributed by atoms with van der Waals surface area (Å²) in [5.41, 5.74) is 4.27. The predicted molar refractivity (Wildman–Crippen MR) is 74.4 cm³/mol. The van der Waals surface area contributed by atoms with Crippen molar-refractivity contribution >= 4 is 5.97 Å². The second kappa shape index (κ2) is 4.24. The number of para-hydroxylation sites is 1. The van der Waals surface area contributed by atoms with Gasteiger partial charge in [-0.25, -0.2) is 19.7 Å². The fourth-order valence-electron chi connectivity index (χ4n) is 2.72. The largest absolute Gasteiger partial charge is 0.476 e. The molecule has 6 nitrogen and oxygen atoms in total. The van der Waals surface area contributed by atoms with E-state index in [2.05, 4.69) is 15.0 Å². The summed E-state index contributed by atoms with van der Waals surface area (Å²) in [4.78, 5) is 23.8. The van der Waals surface area contributed by atoms with Crippen molar-refractivity contribution in [3.63, 3.8) is 0 Å². The van der Waals surface area contributed by atoms with Gasteiger partial charge in [0.05, 0.1) is 17.1 Å². The molecule has 4 rings (SSSR count). The number of aromatic carboxylic acids is 1. The summed E-state index contributed by atoms with van der Waals surface area (Å²) in [5, 5.41) is 9.31. The number of hydrogen-bond donors (Lipinski definition) is 1. The Morgan fingerprint density at radius 3 is 2.95 bits per heavy atom. The highest BCUT2D eigenvalue weighted by Gasteiger charge is 2.25. The summed E-state index contributed by atoms with van der Waals surface area (Å²) in [6, 6.07) is 7.75. The molecule has 0 amide bonds. The number of nitrogens with zero attached hydrogens (tertiary/aromatic N) is 4. The first kappa shape index (κ1) is 11.8. The Morgan fingerprint density at radius 2 is 2.10 bits per heavy atom. The zero-order valence-electron chi connectivity index (χ0n) is 10.9. The van der Waals surface area contributed by atoms with Crippen LogP contribution >= 0.6 is 0 Å². The number of hydrogen-bond acceptors (Lipinski definition) is 4. The minimum Gasteiger partial charge on any atom is -0.476 e. The van der Waals surface area contributed by atoms with E-state index in [4.69, 9.17) is 0 Å². The third-order valence-electron chi connectivity index (χ3n) is 3.63. The predicted octanol–water partition coefficient (Wildman–Crippen LogP) is 1.93. The first-order valence-electron chi connectivity index (χ1n) is 6.44. The summed E-state index contributed by atoms with van der Waals surface area (Å²) in [7, 11) is 0. The molecule has 0 bridgehead atoms. The van der Waals surface area contributed by atoms with Gasteiger partial charge in [-0.15, -0.1) is 0 Å². The molecular formula is C15H10N4O2. The first-order valence-corrected chi connectivity index (χ1v) is 6.44. The Labute approximate surface area is 119 Å². The second-order valence-electron chi connectivity index (χ2n) is 4.81. The van der Waals surface area contributed by atoms with Gasteiger partial charge in [0.25, 0.3) is 0 Å². The van der Waals surface area contributed by atoms with Crippen LogP contribution in [0.4, 0.5) is 0 Å². The molecule has 3 heterocycles. The van der Waals surface area contributed by atoms with Crippen LogP contribution in [0.25, 0.3) is 16.9 Å². The number of carbonyl (C=O) groups is 1. The molecule has 102 valence electrons. The molecule has 1 aliphatic rings. The summed E-state index contributed by atoms with van der Waals surface area (Å²) in [6.45, 7) is 0. The lowest BCUT2D eigenvalue weighted by atomic mass is 10.0. The Bertz CT molecular complexity index is 870. The lowest BCUT2D eigenvalue weighted by Crippen LogP contribution is -2.05. The van der Waals surface area contributed by atoms with Crippen molar-refractivity contribution in [3.05, 3.63) is 60.1 Å². The second-order valence-corrected chi connectivity index (χ2v) is 4.81. The molecule has 0 saturated heterocycles. The van der Waals surface area contributed by atoms with Crippen LogP contribution in [0, 0.1) is 0 Å². The maximum Gasteiger partial charge on any atom is 0.356 e. The van der Waals surface area contributed by atoms with Crippen LogP contribution in [0.2, 0.25) is 0 Å². The molecule has 0 aliphatic carbocycles. The van der Waals surface area contributed by atoms with Gasteiger partial charge in [0.2, 0.25) is 0 Å². The molecule has 3 aromatic rings. The van der Waals surface area contributed by atoms with E-state index >= 15 is 0 Å². The third-order valence-corrected chi connectivity index (χ3v) is 3.63. The van der Waals surface area contributed by atoms with Gasteiger partial charge in [-0.1, -0.05) is 18.2 Å². The van der Waals surface area contributed by atoms with Crippen LogP contribution in [0.5, 0.6) is 0 Å². The highest BCUT2D eigenvalue weighted by molar-refractivity contribution is 5.88. The van der Waals surface area contributed by atoms with E-state index in [1.54, 1.807) is 12.5 Å². The number of carboxylic acid groups (broad SMARTS) is 1. The van der Waals surface area contributed by atoms with Gasteiger partial charge in [0.1, 0.15) is 12.7 Å². The smallest absolute Gasteiger partial charge is 0.356 e. The van der Waals surface area contributed by atoms with Crippen molar-refractivity contribution in [1.82, 2.24) is 19.5 Å². The van der Waals surface area contributed by atoms with Crippen molar-refractivity contribution in [2.24, 2.45) is 0 Å². The molecule has 0 atom stereocenters. The molecule has 0 radical (unpaired) electrons. The van der Waals surface area contributed by atoms with Crippen molar-refractivity contribution in [1.29, 1.82) is 0 Å². The lowest BCUT2D eigenvalue weighted by Gasteiger charge is -2.08. The molecule has 21 heavy (non-hydrogen) atoms. The van der Waals surface area contributed by atoms with Crippen LogP contribution in [0.1, 0.15) is 21.7 Å². The molecule has 1 N–H and O–H groups in total. The average Bonchev–Trinajstić information content (AvgIpc) is 2.86. The normalized spacial score (nSPS) is 12.0.